The molecule has 154 valence electrons. The highest BCUT2D eigenvalue weighted by molar-refractivity contribution is 5.47. The Morgan fingerprint density at radius 3 is 2.69 bits per heavy atom. The zero-order valence-electron chi connectivity index (χ0n) is 17.0. The molecule has 2 aromatic heterocycles. The molecule has 0 radical (unpaired) electrons. The van der Waals surface area contributed by atoms with Crippen molar-refractivity contribution in [3.8, 4) is 11.5 Å². The molecule has 1 fully saturated rings. The van der Waals surface area contributed by atoms with Gasteiger partial charge in [-0.2, -0.15) is 14.6 Å². The van der Waals surface area contributed by atoms with Crippen LogP contribution in [0.25, 0.3) is 5.78 Å². The fraction of sp³-hybridized carbons (Fsp3) is 0.450. The summed E-state index contributed by atoms with van der Waals surface area (Å²) >= 11 is 0. The summed E-state index contributed by atoms with van der Waals surface area (Å²) in [5, 5.41) is 7.83. The number of hydrogen-bond donors (Lipinski definition) is 1. The second-order valence-electron chi connectivity index (χ2n) is 6.91. The fourth-order valence-electron chi connectivity index (χ4n) is 3.66. The van der Waals surface area contributed by atoms with E-state index in [4.69, 9.17) is 14.2 Å². The van der Waals surface area contributed by atoms with Crippen LogP contribution in [0, 0.1) is 6.92 Å². The Morgan fingerprint density at radius 1 is 1.14 bits per heavy atom. The van der Waals surface area contributed by atoms with E-state index in [1.807, 2.05) is 25.1 Å². The molecule has 1 aromatic carbocycles. The van der Waals surface area contributed by atoms with Crippen LogP contribution in [0.2, 0.25) is 0 Å². The van der Waals surface area contributed by atoms with Gasteiger partial charge in [-0.3, -0.25) is 4.90 Å². The van der Waals surface area contributed by atoms with Crippen LogP contribution in [-0.4, -0.2) is 71.5 Å². The minimum Gasteiger partial charge on any atom is -0.493 e. The molecule has 29 heavy (non-hydrogen) atoms. The van der Waals surface area contributed by atoms with E-state index in [1.165, 1.54) is 6.33 Å². The number of fused-ring (bicyclic) bond motifs is 1. The van der Waals surface area contributed by atoms with Crippen LogP contribution >= 0.6 is 0 Å². The van der Waals surface area contributed by atoms with Crippen molar-refractivity contribution >= 4 is 11.6 Å². The van der Waals surface area contributed by atoms with Gasteiger partial charge in [0.15, 0.2) is 11.5 Å². The molecule has 0 saturated carbocycles. The molecule has 3 heterocycles. The molecular weight excluding hydrogens is 372 g/mol. The fourth-order valence-corrected chi connectivity index (χ4v) is 3.66. The number of aromatic nitrogens is 4. The Balaban J connectivity index is 1.63. The Hall–Kier alpha value is -2.91. The molecule has 3 aromatic rings. The molecule has 1 aliphatic rings. The van der Waals surface area contributed by atoms with Gasteiger partial charge in [0.05, 0.1) is 33.5 Å². The van der Waals surface area contributed by atoms with Gasteiger partial charge < -0.3 is 19.5 Å². The van der Waals surface area contributed by atoms with Crippen molar-refractivity contribution in [3.05, 3.63) is 41.9 Å². The lowest BCUT2D eigenvalue weighted by Gasteiger charge is -2.35. The summed E-state index contributed by atoms with van der Waals surface area (Å²) in [7, 11) is 3.30. The molecular formula is C20H26N6O3. The van der Waals surface area contributed by atoms with E-state index in [0.717, 1.165) is 54.9 Å². The Labute approximate surface area is 169 Å². The minimum atomic E-state index is 0.130. The molecule has 1 unspecified atom stereocenters. The third-order valence-corrected chi connectivity index (χ3v) is 5.14. The standard InChI is InChI=1S/C20H26N6O3/c1-14-10-19(26-20(24-14)22-13-23-26)21-12-16(25-6-8-29-9-7-25)15-4-5-17(27-2)18(11-15)28-3/h4-5,10-11,13,16,21H,6-9,12H2,1-3H3. The van der Waals surface area contributed by atoms with E-state index in [2.05, 4.69) is 31.3 Å². The second kappa shape index (κ2) is 8.62. The molecule has 0 bridgehead atoms. The lowest BCUT2D eigenvalue weighted by Crippen LogP contribution is -2.41. The van der Waals surface area contributed by atoms with E-state index in [1.54, 1.807) is 18.7 Å². The molecule has 9 nitrogen and oxygen atoms in total. The largest absolute Gasteiger partial charge is 0.493 e. The Morgan fingerprint density at radius 2 is 1.93 bits per heavy atom. The van der Waals surface area contributed by atoms with Crippen LogP contribution in [0.5, 0.6) is 11.5 Å². The maximum atomic E-state index is 5.56. The molecule has 1 N–H and O–H groups in total. The number of anilines is 1. The molecule has 1 saturated heterocycles. The van der Waals surface area contributed by atoms with Gasteiger partial charge in [0.1, 0.15) is 12.1 Å². The zero-order valence-corrected chi connectivity index (χ0v) is 17.0. The number of ether oxygens (including phenoxy) is 3. The quantitative estimate of drug-likeness (QED) is 0.646. The summed E-state index contributed by atoms with van der Waals surface area (Å²) in [5.41, 5.74) is 2.04. The summed E-state index contributed by atoms with van der Waals surface area (Å²) in [6.45, 7) is 5.84. The summed E-state index contributed by atoms with van der Waals surface area (Å²) in [6, 6.07) is 8.20. The van der Waals surface area contributed by atoms with Crippen molar-refractivity contribution in [2.45, 2.75) is 13.0 Å². The normalized spacial score (nSPS) is 16.0. The number of aryl methyl sites for hydroxylation is 1. The van der Waals surface area contributed by atoms with Gasteiger partial charge in [0.25, 0.3) is 5.78 Å². The average Bonchev–Trinajstić information content (AvgIpc) is 3.23. The van der Waals surface area contributed by atoms with Crippen molar-refractivity contribution in [2.75, 3.05) is 52.4 Å². The van der Waals surface area contributed by atoms with Gasteiger partial charge in [-0.1, -0.05) is 6.07 Å². The van der Waals surface area contributed by atoms with E-state index in [0.29, 0.717) is 12.3 Å². The van der Waals surface area contributed by atoms with Gasteiger partial charge in [-0.15, -0.1) is 0 Å². The molecule has 0 aliphatic carbocycles. The van der Waals surface area contributed by atoms with Gasteiger partial charge >= 0.3 is 0 Å². The van der Waals surface area contributed by atoms with Crippen molar-refractivity contribution in [3.63, 3.8) is 0 Å². The van der Waals surface area contributed by atoms with Crippen LogP contribution in [0.4, 0.5) is 5.82 Å². The van der Waals surface area contributed by atoms with E-state index < -0.39 is 0 Å². The van der Waals surface area contributed by atoms with Crippen LogP contribution in [-0.2, 0) is 4.74 Å². The highest BCUT2D eigenvalue weighted by atomic mass is 16.5. The van der Waals surface area contributed by atoms with E-state index in [-0.39, 0.29) is 6.04 Å². The van der Waals surface area contributed by atoms with Gasteiger partial charge in [-0.05, 0) is 24.6 Å². The summed E-state index contributed by atoms with van der Waals surface area (Å²) in [4.78, 5) is 11.0. The average molecular weight is 398 g/mol. The number of benzene rings is 1. The highest BCUT2D eigenvalue weighted by Gasteiger charge is 2.24. The smallest absolute Gasteiger partial charge is 0.254 e. The number of nitrogens with zero attached hydrogens (tertiary/aromatic N) is 5. The number of hydrogen-bond acceptors (Lipinski definition) is 8. The van der Waals surface area contributed by atoms with Crippen molar-refractivity contribution in [2.24, 2.45) is 0 Å². The summed E-state index contributed by atoms with van der Waals surface area (Å²) < 4.78 is 18.2. The number of nitrogens with one attached hydrogen (secondary N) is 1. The lowest BCUT2D eigenvalue weighted by molar-refractivity contribution is 0.0186. The summed E-state index contributed by atoms with van der Waals surface area (Å²) in [6.07, 6.45) is 1.51. The topological polar surface area (TPSA) is 86.0 Å². The van der Waals surface area contributed by atoms with Gasteiger partial charge in [-0.25, -0.2) is 4.98 Å². The van der Waals surface area contributed by atoms with E-state index >= 15 is 0 Å². The Bertz CT molecular complexity index is 970. The third kappa shape index (κ3) is 4.10. The van der Waals surface area contributed by atoms with Crippen molar-refractivity contribution in [1.29, 1.82) is 0 Å². The van der Waals surface area contributed by atoms with Crippen molar-refractivity contribution < 1.29 is 14.2 Å². The number of morpholine rings is 1. The van der Waals surface area contributed by atoms with Gasteiger partial charge in [0.2, 0.25) is 0 Å². The molecule has 0 spiro atoms. The molecule has 0 amide bonds. The molecule has 9 heteroatoms. The molecule has 1 atom stereocenters. The first kappa shape index (κ1) is 19.4. The summed E-state index contributed by atoms with van der Waals surface area (Å²) in [5.74, 6) is 2.89. The minimum absolute atomic E-state index is 0.130. The van der Waals surface area contributed by atoms with E-state index in [9.17, 15) is 0 Å². The number of rotatable bonds is 7. The SMILES string of the molecule is COc1ccc(C(CNc2cc(C)nc3ncnn23)N2CCOCC2)cc1OC. The Kier molecular flexibility index (Phi) is 5.77. The molecule has 1 aliphatic heterocycles. The molecule has 4 rings (SSSR count). The maximum Gasteiger partial charge on any atom is 0.254 e. The van der Waals surface area contributed by atoms with Crippen molar-refractivity contribution in [1.82, 2.24) is 24.5 Å². The zero-order chi connectivity index (χ0) is 20.2. The number of methoxy groups -OCH3 is 2. The lowest BCUT2D eigenvalue weighted by atomic mass is 10.0. The first-order chi connectivity index (χ1) is 14.2. The van der Waals surface area contributed by atoms with Gasteiger partial charge in [0, 0.05) is 31.4 Å². The predicted molar refractivity (Wildman–Crippen MR) is 109 cm³/mol. The van der Waals surface area contributed by atoms with Crippen LogP contribution in [0.15, 0.2) is 30.6 Å². The van der Waals surface area contributed by atoms with Crippen LogP contribution < -0.4 is 14.8 Å². The highest BCUT2D eigenvalue weighted by Crippen LogP contribution is 2.32. The van der Waals surface area contributed by atoms with Crippen LogP contribution in [0.1, 0.15) is 17.3 Å². The maximum absolute atomic E-state index is 5.56. The third-order valence-electron chi connectivity index (χ3n) is 5.14. The predicted octanol–water partition coefficient (Wildman–Crippen LogP) is 1.94. The first-order valence-corrected chi connectivity index (χ1v) is 9.64. The monoisotopic (exact) mass is 398 g/mol. The van der Waals surface area contributed by atoms with Crippen LogP contribution in [0.3, 0.4) is 0 Å². The first-order valence-electron chi connectivity index (χ1n) is 9.64. The second-order valence-corrected chi connectivity index (χ2v) is 6.91.